The van der Waals surface area contributed by atoms with Gasteiger partial charge in [-0.05, 0) is 114 Å². The lowest BCUT2D eigenvalue weighted by molar-refractivity contribution is 1.13. The van der Waals surface area contributed by atoms with E-state index in [4.69, 9.17) is 12.3 Å². The molecule has 15 aromatic rings. The normalized spacial score (nSPS) is 12.4. The molecule has 0 aliphatic heterocycles. The Kier molecular flexibility index (Phi) is 10.1. The van der Waals surface area contributed by atoms with Crippen LogP contribution < -0.4 is 5.73 Å². The molecule has 0 aliphatic rings. The van der Waals surface area contributed by atoms with E-state index >= 15 is 0 Å². The van der Waals surface area contributed by atoms with E-state index in [-0.39, 0.29) is 0 Å². The van der Waals surface area contributed by atoms with Crippen LogP contribution in [0.2, 0.25) is 0 Å². The fourth-order valence-electron chi connectivity index (χ4n) is 12.3. The molecule has 4 aromatic heterocycles. The van der Waals surface area contributed by atoms with Crippen molar-refractivity contribution >= 4 is 104 Å². The maximum absolute atomic E-state index is 7.78. The minimum Gasteiger partial charge on any atom is -0.398 e. The van der Waals surface area contributed by atoms with Crippen LogP contribution in [0.3, 0.4) is 0 Å². The Morgan fingerprint density at radius 3 is 0.935 bits per heavy atom. The first-order chi connectivity index (χ1) is 38.1. The quantitative estimate of drug-likeness (QED) is 0.144. The van der Waals surface area contributed by atoms with Gasteiger partial charge in [-0.15, -0.1) is 0 Å². The van der Waals surface area contributed by atoms with E-state index in [1.54, 1.807) is 0 Å². The number of nitrogens with two attached hydrogens (primary N) is 1. The van der Waals surface area contributed by atoms with Crippen LogP contribution in [0.4, 0.5) is 0 Å². The minimum absolute atomic E-state index is 0.619. The molecular weight excluding hydrogens is 935 g/mol. The van der Waals surface area contributed by atoms with Gasteiger partial charge >= 0.3 is 0 Å². The molecule has 4 heterocycles. The van der Waals surface area contributed by atoms with Gasteiger partial charge < -0.3 is 24.0 Å². The summed E-state index contributed by atoms with van der Waals surface area (Å²) < 4.78 is 9.53. The van der Waals surface area contributed by atoms with Crippen molar-refractivity contribution < 1.29 is 0 Å². The molecular formula is C72H49N5. The maximum atomic E-state index is 7.78. The van der Waals surface area contributed by atoms with E-state index in [9.17, 15) is 0 Å². The van der Waals surface area contributed by atoms with E-state index in [0.717, 1.165) is 94.7 Å². The Hall–Kier alpha value is -10.4. The highest BCUT2D eigenvalue weighted by molar-refractivity contribution is 6.13. The van der Waals surface area contributed by atoms with Gasteiger partial charge in [0, 0.05) is 71.3 Å². The van der Waals surface area contributed by atoms with Gasteiger partial charge in [-0.3, -0.25) is 0 Å². The standard InChI is InChI=1S/C72H49N5/c1-47(60-45-50(74-63-31-13-5-23-52(63)53-24-6-14-32-64(53)74)39-41-71(60)76-67-35-17-9-27-56(67)57-28-10-18-36-68(57)76)43-49(48-21-3-2-4-22-48)44-62(73)61-46-51(75-65-33-15-7-25-54(65)55-26-8-16-34-66(55)75)40-42-72(61)77-69-37-19-11-29-58(69)59-30-12-20-38-70(59)77/h2-46H,1,73H2/b49-43+,62-44-. The predicted molar refractivity (Wildman–Crippen MR) is 326 cm³/mol. The monoisotopic (exact) mass is 983 g/mol. The highest BCUT2D eigenvalue weighted by Gasteiger charge is 2.22. The second kappa shape index (κ2) is 17.7. The van der Waals surface area contributed by atoms with E-state index in [0.29, 0.717) is 5.70 Å². The van der Waals surface area contributed by atoms with Crippen LogP contribution >= 0.6 is 0 Å². The van der Waals surface area contributed by atoms with Crippen molar-refractivity contribution in [3.8, 4) is 22.7 Å². The zero-order valence-electron chi connectivity index (χ0n) is 42.1. The van der Waals surface area contributed by atoms with Gasteiger partial charge in [-0.25, -0.2) is 0 Å². The Bertz CT molecular complexity index is 4740. The van der Waals surface area contributed by atoms with Crippen LogP contribution in [0.15, 0.2) is 280 Å². The van der Waals surface area contributed by atoms with Gasteiger partial charge in [0.25, 0.3) is 0 Å². The van der Waals surface area contributed by atoms with Gasteiger partial charge in [0.05, 0.1) is 55.5 Å². The first-order valence-electron chi connectivity index (χ1n) is 26.2. The number of para-hydroxylation sites is 8. The topological polar surface area (TPSA) is 45.7 Å². The third kappa shape index (κ3) is 6.95. The van der Waals surface area contributed by atoms with Gasteiger partial charge in [-0.2, -0.15) is 0 Å². The van der Waals surface area contributed by atoms with Crippen molar-refractivity contribution in [2.24, 2.45) is 5.73 Å². The largest absolute Gasteiger partial charge is 0.398 e. The molecule has 362 valence electrons. The molecule has 0 amide bonds. The van der Waals surface area contributed by atoms with E-state index in [1.165, 1.54) is 43.1 Å². The van der Waals surface area contributed by atoms with Crippen molar-refractivity contribution in [1.82, 2.24) is 18.3 Å². The zero-order chi connectivity index (χ0) is 51.1. The Morgan fingerprint density at radius 1 is 0.299 bits per heavy atom. The first-order valence-corrected chi connectivity index (χ1v) is 26.2. The molecule has 0 unspecified atom stereocenters. The van der Waals surface area contributed by atoms with Crippen LogP contribution in [-0.4, -0.2) is 18.3 Å². The molecule has 5 heteroatoms. The highest BCUT2D eigenvalue weighted by Crippen LogP contribution is 2.41. The third-order valence-corrected chi connectivity index (χ3v) is 15.7. The number of hydrogen-bond acceptors (Lipinski definition) is 1. The molecule has 0 saturated heterocycles. The average Bonchev–Trinajstić information content (AvgIpc) is 4.43. The zero-order valence-corrected chi connectivity index (χ0v) is 42.1. The smallest absolute Gasteiger partial charge is 0.0556 e. The Morgan fingerprint density at radius 2 is 0.584 bits per heavy atom. The minimum atomic E-state index is 0.619. The fraction of sp³-hybridized carbons (Fsp3) is 0. The predicted octanol–water partition coefficient (Wildman–Crippen LogP) is 18.2. The summed E-state index contributed by atoms with van der Waals surface area (Å²) >= 11 is 0. The number of allylic oxidation sites excluding steroid dienone is 4. The van der Waals surface area contributed by atoms with Crippen LogP contribution in [0.1, 0.15) is 16.7 Å². The lowest BCUT2D eigenvalue weighted by Gasteiger charge is -2.19. The second-order valence-corrected chi connectivity index (χ2v) is 20.0. The van der Waals surface area contributed by atoms with Gasteiger partial charge in [0.2, 0.25) is 0 Å². The van der Waals surface area contributed by atoms with Crippen LogP contribution in [0.5, 0.6) is 0 Å². The summed E-state index contributed by atoms with van der Waals surface area (Å²) in [7, 11) is 0. The number of nitrogens with zero attached hydrogens (tertiary/aromatic N) is 4. The van der Waals surface area contributed by atoms with Gasteiger partial charge in [0.1, 0.15) is 0 Å². The summed E-state index contributed by atoms with van der Waals surface area (Å²) in [6.07, 6.45) is 4.38. The second-order valence-electron chi connectivity index (χ2n) is 20.0. The molecule has 11 aromatic carbocycles. The molecule has 0 spiro atoms. The number of rotatable bonds is 9. The maximum Gasteiger partial charge on any atom is 0.0556 e. The molecule has 2 N–H and O–H groups in total. The average molecular weight is 984 g/mol. The summed E-state index contributed by atoms with van der Waals surface area (Å²) in [5.41, 5.74) is 26.2. The van der Waals surface area contributed by atoms with E-state index in [2.05, 4.69) is 291 Å². The number of benzene rings is 11. The summed E-state index contributed by atoms with van der Waals surface area (Å²) in [5, 5.41) is 9.60. The lowest BCUT2D eigenvalue weighted by Crippen LogP contribution is -2.07. The number of aromatic nitrogens is 4. The van der Waals surface area contributed by atoms with E-state index < -0.39 is 0 Å². The van der Waals surface area contributed by atoms with Gasteiger partial charge in [0.15, 0.2) is 0 Å². The summed E-state index contributed by atoms with van der Waals surface area (Å²) in [4.78, 5) is 0. The fourth-order valence-corrected chi connectivity index (χ4v) is 12.3. The highest BCUT2D eigenvalue weighted by atomic mass is 15.0. The SMILES string of the molecule is C=C(/C=C(\C=C(/N)c1cc(-n2c3ccccc3c3ccccc32)ccc1-n1c2ccccc2c2ccccc21)c1ccccc1)c1cc(-n2c3ccccc3c3ccccc32)ccc1-n1c2ccccc2c2ccccc21. The first kappa shape index (κ1) is 44.2. The van der Waals surface area contributed by atoms with Crippen molar-refractivity contribution in [2.45, 2.75) is 0 Å². The van der Waals surface area contributed by atoms with Gasteiger partial charge in [-0.1, -0.05) is 183 Å². The van der Waals surface area contributed by atoms with Crippen molar-refractivity contribution in [3.63, 3.8) is 0 Å². The summed E-state index contributed by atoms with van der Waals surface area (Å²) in [5.74, 6) is 0. The Labute approximate surface area is 444 Å². The molecule has 5 nitrogen and oxygen atoms in total. The molecule has 0 saturated carbocycles. The number of hydrogen-bond donors (Lipinski definition) is 1. The molecule has 0 atom stereocenters. The molecule has 15 rings (SSSR count). The van der Waals surface area contributed by atoms with Crippen molar-refractivity contribution in [2.75, 3.05) is 0 Å². The third-order valence-electron chi connectivity index (χ3n) is 15.7. The van der Waals surface area contributed by atoms with E-state index in [1.807, 2.05) is 0 Å². The molecule has 77 heavy (non-hydrogen) atoms. The van der Waals surface area contributed by atoms with Crippen LogP contribution in [0, 0.1) is 0 Å². The summed E-state index contributed by atoms with van der Waals surface area (Å²) in [6, 6.07) is 93.6. The molecule has 0 bridgehead atoms. The van der Waals surface area contributed by atoms with Crippen molar-refractivity contribution in [3.05, 3.63) is 296 Å². The van der Waals surface area contributed by atoms with Crippen molar-refractivity contribution in [1.29, 1.82) is 0 Å². The summed E-state index contributed by atoms with van der Waals surface area (Å²) in [6.45, 7) is 5.00. The Balaban J connectivity index is 0.977. The molecule has 0 aliphatic carbocycles. The number of fused-ring (bicyclic) bond motifs is 12. The van der Waals surface area contributed by atoms with Crippen LogP contribution in [-0.2, 0) is 0 Å². The van der Waals surface area contributed by atoms with Crippen LogP contribution in [0.25, 0.3) is 127 Å². The molecule has 0 fully saturated rings. The lowest BCUT2D eigenvalue weighted by atomic mass is 9.96. The molecule has 0 radical (unpaired) electrons.